The normalized spacial score (nSPS) is 15.1. The molecule has 5 heteroatoms. The Labute approximate surface area is 256 Å². The lowest BCUT2D eigenvalue weighted by Gasteiger charge is -2.22. The van der Waals surface area contributed by atoms with Gasteiger partial charge in [0.15, 0.2) is 0 Å². The lowest BCUT2D eigenvalue weighted by molar-refractivity contribution is 0.573. The van der Waals surface area contributed by atoms with E-state index >= 15 is 0 Å². The van der Waals surface area contributed by atoms with E-state index in [-0.39, 0.29) is 4.90 Å². The average molecular weight is 633 g/mol. The molecule has 1 unspecified atom stereocenters. The molecule has 0 spiro atoms. The molecule has 0 radical (unpaired) electrons. The Morgan fingerprint density at radius 1 is 0.714 bits per heavy atom. The lowest BCUT2D eigenvalue weighted by Crippen LogP contribution is -2.29. The second-order valence-corrected chi connectivity index (χ2v) is 13.2. The van der Waals surface area contributed by atoms with Crippen molar-refractivity contribution in [2.45, 2.75) is 24.8 Å². The van der Waals surface area contributed by atoms with Gasteiger partial charge < -0.3 is 0 Å². The average Bonchev–Trinajstić information content (AvgIpc) is 3.31. The van der Waals surface area contributed by atoms with Crippen LogP contribution in [0.3, 0.4) is 0 Å². The monoisotopic (exact) mass is 631 g/mol. The number of fused-ring (bicyclic) bond motifs is 1. The highest BCUT2D eigenvalue weighted by molar-refractivity contribution is 9.10. The Balaban J connectivity index is 1.63. The van der Waals surface area contributed by atoms with E-state index in [0.29, 0.717) is 0 Å². The summed E-state index contributed by atoms with van der Waals surface area (Å²) in [6.07, 6.45) is 2.16. The summed E-state index contributed by atoms with van der Waals surface area (Å²) in [6.45, 7) is 4.02. The molecule has 0 aliphatic heterocycles. The predicted octanol–water partition coefficient (Wildman–Crippen LogP) is 9.14. The summed E-state index contributed by atoms with van der Waals surface area (Å²) in [5, 5.41) is 0. The zero-order valence-corrected chi connectivity index (χ0v) is 25.8. The van der Waals surface area contributed by atoms with Crippen LogP contribution in [0.15, 0.2) is 142 Å². The highest BCUT2D eigenvalue weighted by Gasteiger charge is 2.37. The van der Waals surface area contributed by atoms with Gasteiger partial charge in [0.25, 0.3) is 0 Å². The van der Waals surface area contributed by atoms with Crippen molar-refractivity contribution in [2.75, 3.05) is 0 Å². The van der Waals surface area contributed by atoms with E-state index < -0.39 is 16.1 Å². The quantitative estimate of drug-likeness (QED) is 0.182. The summed E-state index contributed by atoms with van der Waals surface area (Å²) in [7, 11) is -3.86. The number of hydrogen-bond donors (Lipinski definition) is 1. The minimum Gasteiger partial charge on any atom is -0.207 e. The topological polar surface area (TPSA) is 46.2 Å². The zero-order valence-electron chi connectivity index (χ0n) is 23.4. The molecular formula is C37H30BrNO2S. The summed E-state index contributed by atoms with van der Waals surface area (Å²) < 4.78 is 32.0. The molecule has 0 saturated heterocycles. The fourth-order valence-corrected chi connectivity index (χ4v) is 6.92. The Morgan fingerprint density at radius 3 is 1.98 bits per heavy atom. The minimum absolute atomic E-state index is 0.242. The maximum Gasteiger partial charge on any atom is 0.241 e. The van der Waals surface area contributed by atoms with E-state index in [1.54, 1.807) is 12.1 Å². The number of halogens is 1. The van der Waals surface area contributed by atoms with Crippen LogP contribution in [-0.2, 0) is 10.0 Å². The predicted molar refractivity (Wildman–Crippen MR) is 176 cm³/mol. The first kappa shape index (κ1) is 28.1. The molecule has 0 fully saturated rings. The third kappa shape index (κ3) is 5.68. The van der Waals surface area contributed by atoms with E-state index in [2.05, 4.69) is 88.2 Å². The van der Waals surface area contributed by atoms with E-state index in [4.69, 9.17) is 0 Å². The van der Waals surface area contributed by atoms with Gasteiger partial charge in [0.05, 0.1) is 10.9 Å². The summed E-state index contributed by atoms with van der Waals surface area (Å²) in [4.78, 5) is 0.242. The molecular weight excluding hydrogens is 602 g/mol. The molecule has 1 aliphatic rings. The Hall–Kier alpha value is -4.03. The highest BCUT2D eigenvalue weighted by atomic mass is 79.9. The summed E-state index contributed by atoms with van der Waals surface area (Å²) in [6, 6.07) is 41.3. The SMILES string of the molecule is Cc1ccc(/C(=C\c2ccc(Br)cc2)C2=C(c3ccccc3)c3ccccc3C2NS(=O)(=O)c2ccc(C)cc2)cc1. The third-order valence-electron chi connectivity index (χ3n) is 7.60. The van der Waals surface area contributed by atoms with Gasteiger partial charge in [-0.1, -0.05) is 130 Å². The first-order valence-corrected chi connectivity index (χ1v) is 16.1. The molecule has 0 aromatic heterocycles. The van der Waals surface area contributed by atoms with Gasteiger partial charge in [0, 0.05) is 4.47 Å². The molecule has 1 N–H and O–H groups in total. The Kier molecular flexibility index (Phi) is 7.82. The maximum atomic E-state index is 13.9. The molecule has 0 saturated carbocycles. The van der Waals surface area contributed by atoms with Crippen molar-refractivity contribution in [3.8, 4) is 0 Å². The molecule has 0 bridgehead atoms. The summed E-state index contributed by atoms with van der Waals surface area (Å²) in [5.74, 6) is 0. The number of aryl methyl sites for hydroxylation is 2. The Morgan fingerprint density at radius 2 is 1.31 bits per heavy atom. The van der Waals surface area contributed by atoms with Crippen molar-refractivity contribution < 1.29 is 8.42 Å². The van der Waals surface area contributed by atoms with Crippen LogP contribution in [-0.4, -0.2) is 8.42 Å². The van der Waals surface area contributed by atoms with Crippen LogP contribution in [0.5, 0.6) is 0 Å². The van der Waals surface area contributed by atoms with Crippen LogP contribution in [0.1, 0.15) is 45.0 Å². The van der Waals surface area contributed by atoms with Gasteiger partial charge in [-0.2, -0.15) is 4.72 Å². The van der Waals surface area contributed by atoms with Crippen molar-refractivity contribution in [2.24, 2.45) is 0 Å². The second kappa shape index (κ2) is 11.7. The van der Waals surface area contributed by atoms with Crippen molar-refractivity contribution in [3.05, 3.63) is 176 Å². The second-order valence-electron chi connectivity index (χ2n) is 10.6. The molecule has 208 valence electrons. The minimum atomic E-state index is -3.86. The lowest BCUT2D eigenvalue weighted by atomic mass is 9.88. The van der Waals surface area contributed by atoms with Crippen LogP contribution in [0.2, 0.25) is 0 Å². The third-order valence-corrected chi connectivity index (χ3v) is 9.57. The van der Waals surface area contributed by atoms with Crippen LogP contribution >= 0.6 is 15.9 Å². The number of nitrogens with one attached hydrogen (secondary N) is 1. The van der Waals surface area contributed by atoms with Crippen LogP contribution < -0.4 is 4.72 Å². The fraction of sp³-hybridized carbons (Fsp3) is 0.0811. The van der Waals surface area contributed by atoms with Gasteiger partial charge in [-0.05, 0) is 88.7 Å². The van der Waals surface area contributed by atoms with Crippen molar-refractivity contribution >= 4 is 43.2 Å². The molecule has 1 atom stereocenters. The summed E-state index contributed by atoms with van der Waals surface area (Å²) in [5.41, 5.74) is 10.1. The fourth-order valence-electron chi connectivity index (χ4n) is 5.47. The molecule has 0 amide bonds. The van der Waals surface area contributed by atoms with Crippen LogP contribution in [0.25, 0.3) is 17.2 Å². The van der Waals surface area contributed by atoms with E-state index in [0.717, 1.165) is 60.1 Å². The number of hydrogen-bond acceptors (Lipinski definition) is 2. The smallest absolute Gasteiger partial charge is 0.207 e. The van der Waals surface area contributed by atoms with Gasteiger partial charge in [-0.15, -0.1) is 0 Å². The molecule has 6 rings (SSSR count). The molecule has 0 heterocycles. The zero-order chi connectivity index (χ0) is 29.3. The van der Waals surface area contributed by atoms with Gasteiger partial charge in [0.2, 0.25) is 10.0 Å². The van der Waals surface area contributed by atoms with Crippen LogP contribution in [0, 0.1) is 13.8 Å². The Bertz CT molecular complexity index is 1910. The van der Waals surface area contributed by atoms with Crippen molar-refractivity contribution in [1.29, 1.82) is 0 Å². The largest absolute Gasteiger partial charge is 0.241 e. The first-order chi connectivity index (χ1) is 20.3. The van der Waals surface area contributed by atoms with Gasteiger partial charge in [-0.3, -0.25) is 0 Å². The van der Waals surface area contributed by atoms with Crippen LogP contribution in [0.4, 0.5) is 0 Å². The maximum absolute atomic E-state index is 13.9. The van der Waals surface area contributed by atoms with Crippen molar-refractivity contribution in [3.63, 3.8) is 0 Å². The highest BCUT2D eigenvalue weighted by Crippen LogP contribution is 2.50. The van der Waals surface area contributed by atoms with E-state index in [1.165, 1.54) is 0 Å². The molecule has 5 aromatic rings. The molecule has 3 nitrogen and oxygen atoms in total. The van der Waals surface area contributed by atoms with E-state index in [1.807, 2.05) is 67.6 Å². The molecule has 1 aliphatic carbocycles. The van der Waals surface area contributed by atoms with Gasteiger partial charge >= 0.3 is 0 Å². The van der Waals surface area contributed by atoms with Gasteiger partial charge in [-0.25, -0.2) is 8.42 Å². The number of rotatable bonds is 7. The summed E-state index contributed by atoms with van der Waals surface area (Å²) >= 11 is 3.55. The number of sulfonamides is 1. The van der Waals surface area contributed by atoms with E-state index in [9.17, 15) is 8.42 Å². The van der Waals surface area contributed by atoms with Gasteiger partial charge in [0.1, 0.15) is 0 Å². The van der Waals surface area contributed by atoms with Crippen molar-refractivity contribution in [1.82, 2.24) is 4.72 Å². The molecule has 42 heavy (non-hydrogen) atoms. The molecule has 5 aromatic carbocycles. The standard InChI is InChI=1S/C37H30BrNO2S/c1-25-12-18-28(19-13-25)34(24-27-16-20-30(38)21-17-27)36-35(29-8-4-3-5-9-29)32-10-6-7-11-33(32)37(36)39-42(40,41)31-22-14-26(2)15-23-31/h3-24,37,39H,1-2H3/b34-24+. The first-order valence-electron chi connectivity index (χ1n) is 13.8. The number of benzene rings is 5.